The molecule has 4 rings (SSSR count). The van der Waals surface area contributed by atoms with Crippen molar-refractivity contribution >= 4 is 0 Å². The maximum Gasteiger partial charge on any atom is 0.126 e. The van der Waals surface area contributed by atoms with E-state index in [-0.39, 0.29) is 11.2 Å². The van der Waals surface area contributed by atoms with Crippen LogP contribution in [0.1, 0.15) is 50.3 Å². The van der Waals surface area contributed by atoms with Gasteiger partial charge in [-0.3, -0.25) is 0 Å². The summed E-state index contributed by atoms with van der Waals surface area (Å²) in [6.07, 6.45) is 0. The average molecular weight is 342 g/mol. The van der Waals surface area contributed by atoms with Crippen LogP contribution in [0.4, 0.5) is 0 Å². The first kappa shape index (κ1) is 17.1. The predicted octanol–water partition coefficient (Wildman–Crippen LogP) is 6.53. The van der Waals surface area contributed by atoms with Crippen molar-refractivity contribution in [3.8, 4) is 11.1 Å². The van der Waals surface area contributed by atoms with E-state index >= 15 is 0 Å². The molecule has 0 spiro atoms. The molecule has 0 aliphatic heterocycles. The fourth-order valence-corrected chi connectivity index (χ4v) is 4.22. The molecule has 26 heavy (non-hydrogen) atoms. The summed E-state index contributed by atoms with van der Waals surface area (Å²) in [5.74, 6) is 0.308. The normalized spacial score (nSPS) is 21.8. The van der Waals surface area contributed by atoms with Gasteiger partial charge in [-0.2, -0.15) is 0 Å². The summed E-state index contributed by atoms with van der Waals surface area (Å²) in [5.41, 5.74) is 5.86. The predicted molar refractivity (Wildman–Crippen MR) is 108 cm³/mol. The first-order valence-corrected chi connectivity index (χ1v) is 9.37. The van der Waals surface area contributed by atoms with Crippen LogP contribution in [-0.2, 0) is 10.3 Å². The summed E-state index contributed by atoms with van der Waals surface area (Å²) >= 11 is 0. The van der Waals surface area contributed by atoms with E-state index in [0.29, 0.717) is 5.92 Å². The van der Waals surface area contributed by atoms with Gasteiger partial charge in [0.25, 0.3) is 0 Å². The number of ether oxygens (including phenoxy) is 1. The third-order valence-electron chi connectivity index (χ3n) is 5.30. The molecule has 1 nitrogen and oxygen atoms in total. The molecular weight excluding hydrogens is 316 g/mol. The highest BCUT2D eigenvalue weighted by Crippen LogP contribution is 2.58. The summed E-state index contributed by atoms with van der Waals surface area (Å²) in [6, 6.07) is 28.1. The topological polar surface area (TPSA) is 9.23 Å². The second-order valence-corrected chi connectivity index (χ2v) is 8.21. The van der Waals surface area contributed by atoms with Crippen LogP contribution < -0.4 is 0 Å². The minimum Gasteiger partial charge on any atom is -0.359 e. The van der Waals surface area contributed by atoms with Crippen LogP contribution in [0.15, 0.2) is 78.9 Å². The highest BCUT2D eigenvalue weighted by molar-refractivity contribution is 5.68. The molecule has 0 amide bonds. The van der Waals surface area contributed by atoms with E-state index in [1.807, 2.05) is 0 Å². The summed E-state index contributed by atoms with van der Waals surface area (Å²) in [4.78, 5) is 0. The summed E-state index contributed by atoms with van der Waals surface area (Å²) in [6.45, 7) is 8.71. The Kier molecular flexibility index (Phi) is 4.00. The summed E-state index contributed by atoms with van der Waals surface area (Å²) in [5, 5.41) is 0. The Morgan fingerprint density at radius 1 is 0.769 bits per heavy atom. The lowest BCUT2D eigenvalue weighted by molar-refractivity contribution is -0.140. The second-order valence-electron chi connectivity index (χ2n) is 8.21. The van der Waals surface area contributed by atoms with Crippen molar-refractivity contribution in [2.75, 3.05) is 0 Å². The first-order chi connectivity index (χ1) is 12.4. The van der Waals surface area contributed by atoms with Crippen LogP contribution in [-0.4, -0.2) is 5.60 Å². The Morgan fingerprint density at radius 2 is 1.38 bits per heavy atom. The number of benzene rings is 3. The van der Waals surface area contributed by atoms with Crippen LogP contribution in [0.5, 0.6) is 0 Å². The number of fused-ring (bicyclic) bond motifs is 1. The average Bonchev–Trinajstić information content (AvgIpc) is 2.66. The third kappa shape index (κ3) is 2.68. The highest BCUT2D eigenvalue weighted by Gasteiger charge is 2.53. The van der Waals surface area contributed by atoms with Gasteiger partial charge in [0.2, 0.25) is 0 Å². The van der Waals surface area contributed by atoms with Crippen LogP contribution in [0.25, 0.3) is 11.1 Å². The third-order valence-corrected chi connectivity index (χ3v) is 5.30. The molecule has 3 aromatic rings. The fraction of sp³-hybridized carbons (Fsp3) is 0.280. The van der Waals surface area contributed by atoms with Crippen LogP contribution in [0.3, 0.4) is 0 Å². The van der Waals surface area contributed by atoms with Crippen molar-refractivity contribution in [2.45, 2.75) is 44.8 Å². The molecule has 0 aromatic heterocycles. The number of rotatable bonds is 3. The van der Waals surface area contributed by atoms with Crippen molar-refractivity contribution in [3.05, 3.63) is 95.6 Å². The Morgan fingerprint density at radius 3 is 2.00 bits per heavy atom. The van der Waals surface area contributed by atoms with Crippen LogP contribution >= 0.6 is 0 Å². The van der Waals surface area contributed by atoms with Crippen molar-refractivity contribution in [2.24, 2.45) is 0 Å². The Hall–Kier alpha value is -2.38. The zero-order valence-corrected chi connectivity index (χ0v) is 16.0. The fourth-order valence-electron chi connectivity index (χ4n) is 4.22. The Balaban J connectivity index is 1.83. The molecule has 1 heteroatoms. The second kappa shape index (κ2) is 6.10. The summed E-state index contributed by atoms with van der Waals surface area (Å²) < 4.78 is 6.73. The van der Waals surface area contributed by atoms with Gasteiger partial charge in [0.05, 0.1) is 5.60 Å². The minimum absolute atomic E-state index is 0.222. The molecule has 0 N–H and O–H groups in total. The smallest absolute Gasteiger partial charge is 0.126 e. The summed E-state index contributed by atoms with van der Waals surface area (Å²) in [7, 11) is 0. The maximum atomic E-state index is 6.73. The molecule has 0 heterocycles. The zero-order chi connectivity index (χ0) is 18.4. The Labute approximate surface area is 156 Å². The lowest BCUT2D eigenvalue weighted by Crippen LogP contribution is -2.49. The molecule has 0 saturated heterocycles. The standard InChI is InChI=1S/C25H26O/c1-18-22-17-20(19-11-7-5-8-12-19)15-16-23(22)25(18,26-24(2,3)4)21-13-9-6-10-14-21/h5-18H,1-4H3. The quantitative estimate of drug-likeness (QED) is 0.526. The lowest BCUT2D eigenvalue weighted by atomic mass is 9.61. The van der Waals surface area contributed by atoms with Gasteiger partial charge in [0.15, 0.2) is 0 Å². The van der Waals surface area contributed by atoms with E-state index in [9.17, 15) is 0 Å². The van der Waals surface area contributed by atoms with Gasteiger partial charge in [-0.1, -0.05) is 85.8 Å². The van der Waals surface area contributed by atoms with Crippen molar-refractivity contribution in [1.82, 2.24) is 0 Å². The molecule has 1 aliphatic rings. The molecule has 0 radical (unpaired) electrons. The Bertz CT molecular complexity index is 906. The number of hydrogen-bond donors (Lipinski definition) is 0. The molecule has 0 saturated carbocycles. The molecule has 2 unspecified atom stereocenters. The SMILES string of the molecule is CC1c2cc(-c3ccccc3)ccc2C1(OC(C)(C)C)c1ccccc1. The molecule has 3 aromatic carbocycles. The highest BCUT2D eigenvalue weighted by atomic mass is 16.5. The van der Waals surface area contributed by atoms with E-state index in [0.717, 1.165) is 0 Å². The molecule has 132 valence electrons. The maximum absolute atomic E-state index is 6.73. The molecule has 0 fully saturated rings. The van der Waals surface area contributed by atoms with Crippen molar-refractivity contribution < 1.29 is 4.74 Å². The van der Waals surface area contributed by atoms with E-state index in [2.05, 4.69) is 107 Å². The van der Waals surface area contributed by atoms with Gasteiger partial charge in [0, 0.05) is 5.92 Å². The largest absolute Gasteiger partial charge is 0.359 e. The monoisotopic (exact) mass is 342 g/mol. The van der Waals surface area contributed by atoms with Gasteiger partial charge in [-0.15, -0.1) is 0 Å². The molecular formula is C25H26O. The van der Waals surface area contributed by atoms with Gasteiger partial charge in [-0.05, 0) is 48.6 Å². The van der Waals surface area contributed by atoms with Crippen molar-refractivity contribution in [3.63, 3.8) is 0 Å². The molecule has 1 aliphatic carbocycles. The van der Waals surface area contributed by atoms with E-state index < -0.39 is 0 Å². The van der Waals surface area contributed by atoms with Gasteiger partial charge in [-0.25, -0.2) is 0 Å². The van der Waals surface area contributed by atoms with Gasteiger partial charge < -0.3 is 4.74 Å². The van der Waals surface area contributed by atoms with E-state index in [1.54, 1.807) is 0 Å². The van der Waals surface area contributed by atoms with E-state index in [4.69, 9.17) is 4.74 Å². The van der Waals surface area contributed by atoms with Crippen LogP contribution in [0.2, 0.25) is 0 Å². The lowest BCUT2D eigenvalue weighted by Gasteiger charge is -2.53. The zero-order valence-electron chi connectivity index (χ0n) is 16.0. The first-order valence-electron chi connectivity index (χ1n) is 9.37. The van der Waals surface area contributed by atoms with Crippen LogP contribution in [0, 0.1) is 0 Å². The van der Waals surface area contributed by atoms with E-state index in [1.165, 1.54) is 27.8 Å². The molecule has 2 atom stereocenters. The molecule has 0 bridgehead atoms. The van der Waals surface area contributed by atoms with Gasteiger partial charge >= 0.3 is 0 Å². The van der Waals surface area contributed by atoms with Crippen molar-refractivity contribution in [1.29, 1.82) is 0 Å². The van der Waals surface area contributed by atoms with Gasteiger partial charge in [0.1, 0.15) is 5.60 Å². The minimum atomic E-state index is -0.371. The number of hydrogen-bond acceptors (Lipinski definition) is 1.